The normalized spacial score (nSPS) is 14.1. The van der Waals surface area contributed by atoms with Gasteiger partial charge in [-0.2, -0.15) is 0 Å². The number of carbonyl (C=O) groups excluding carboxylic acids is 1. The van der Waals surface area contributed by atoms with Crippen molar-refractivity contribution < 1.29 is 13.2 Å². The molecule has 1 fully saturated rings. The molecule has 33 heavy (non-hydrogen) atoms. The van der Waals surface area contributed by atoms with E-state index < -0.39 is 15.9 Å². The highest BCUT2D eigenvalue weighted by Crippen LogP contribution is 2.20. The lowest BCUT2D eigenvalue weighted by atomic mass is 10.1. The van der Waals surface area contributed by atoms with Gasteiger partial charge in [0.05, 0.1) is 4.90 Å². The van der Waals surface area contributed by atoms with E-state index in [0.29, 0.717) is 17.2 Å². The van der Waals surface area contributed by atoms with E-state index in [0.717, 1.165) is 31.7 Å². The lowest BCUT2D eigenvalue weighted by Crippen LogP contribution is -2.30. The van der Waals surface area contributed by atoms with Gasteiger partial charge in [0.2, 0.25) is 0 Å². The van der Waals surface area contributed by atoms with Gasteiger partial charge in [-0.05, 0) is 57.4 Å². The quantitative estimate of drug-likeness (QED) is 0.566. The number of rotatable bonds is 6. The molecule has 2 aromatic heterocycles. The van der Waals surface area contributed by atoms with Gasteiger partial charge in [-0.25, -0.2) is 28.4 Å². The summed E-state index contributed by atoms with van der Waals surface area (Å²) in [6.07, 6.45) is 4.80. The van der Waals surface area contributed by atoms with Crippen LogP contribution in [0.4, 0.5) is 17.3 Å². The standard InChI is InChI=1S/C22H25N7O3S/c1-15-12-20(26-16(2)25-15)28-33(31,32)18-8-6-17(7-9-18)27-22(30)19-13-21(24-14-23-19)29-10-4-3-5-11-29/h6-9,12-14H,3-5,10-11H2,1-2H3,(H,27,30)(H,25,26,28). The van der Waals surface area contributed by atoms with Gasteiger partial charge in [0, 0.05) is 36.6 Å². The molecule has 11 heteroatoms. The van der Waals surface area contributed by atoms with Crippen molar-refractivity contribution in [3.8, 4) is 0 Å². The Bertz CT molecular complexity index is 1240. The van der Waals surface area contributed by atoms with E-state index in [4.69, 9.17) is 0 Å². The molecule has 0 radical (unpaired) electrons. The molecule has 2 N–H and O–H groups in total. The zero-order valence-electron chi connectivity index (χ0n) is 18.4. The number of sulfonamides is 1. The first kappa shape index (κ1) is 22.6. The largest absolute Gasteiger partial charge is 0.357 e. The van der Waals surface area contributed by atoms with Crippen LogP contribution in [0.3, 0.4) is 0 Å². The third kappa shape index (κ3) is 5.61. The summed E-state index contributed by atoms with van der Waals surface area (Å²) in [5, 5.41) is 2.75. The fourth-order valence-corrected chi connectivity index (χ4v) is 4.64. The Kier molecular flexibility index (Phi) is 6.50. The molecule has 1 aromatic carbocycles. The predicted octanol–water partition coefficient (Wildman–Crippen LogP) is 2.93. The summed E-state index contributed by atoms with van der Waals surface area (Å²) in [5.74, 6) is 1.01. The Morgan fingerprint density at radius 3 is 2.39 bits per heavy atom. The molecular weight excluding hydrogens is 442 g/mol. The van der Waals surface area contributed by atoms with Crippen LogP contribution in [0.2, 0.25) is 0 Å². The van der Waals surface area contributed by atoms with E-state index >= 15 is 0 Å². The minimum atomic E-state index is -3.84. The first-order valence-electron chi connectivity index (χ1n) is 10.6. The maximum absolute atomic E-state index is 12.7. The number of aromatic nitrogens is 4. The number of nitrogens with zero attached hydrogens (tertiary/aromatic N) is 5. The van der Waals surface area contributed by atoms with Crippen LogP contribution in [-0.2, 0) is 10.0 Å². The molecule has 0 aliphatic carbocycles. The first-order valence-corrected chi connectivity index (χ1v) is 12.1. The van der Waals surface area contributed by atoms with E-state index in [2.05, 4.69) is 34.9 Å². The van der Waals surface area contributed by atoms with Crippen LogP contribution in [0, 0.1) is 13.8 Å². The molecular formula is C22H25N7O3S. The van der Waals surface area contributed by atoms with Crippen molar-refractivity contribution in [1.29, 1.82) is 0 Å². The average molecular weight is 468 g/mol. The molecule has 10 nitrogen and oxygen atoms in total. The summed E-state index contributed by atoms with van der Waals surface area (Å²) >= 11 is 0. The summed E-state index contributed by atoms with van der Waals surface area (Å²) in [6.45, 7) is 5.28. The zero-order valence-corrected chi connectivity index (χ0v) is 19.3. The second-order valence-corrected chi connectivity index (χ2v) is 9.52. The molecule has 0 bridgehead atoms. The predicted molar refractivity (Wildman–Crippen MR) is 125 cm³/mol. The fourth-order valence-electron chi connectivity index (χ4n) is 3.65. The molecule has 1 amide bonds. The van der Waals surface area contributed by atoms with E-state index in [1.807, 2.05) is 0 Å². The lowest BCUT2D eigenvalue weighted by molar-refractivity contribution is 0.102. The zero-order chi connectivity index (χ0) is 23.4. The maximum atomic E-state index is 12.7. The van der Waals surface area contributed by atoms with E-state index in [-0.39, 0.29) is 16.4 Å². The molecule has 1 aliphatic heterocycles. The maximum Gasteiger partial charge on any atom is 0.274 e. The van der Waals surface area contributed by atoms with E-state index in [1.54, 1.807) is 26.0 Å². The minimum absolute atomic E-state index is 0.0452. The average Bonchev–Trinajstić information content (AvgIpc) is 2.79. The molecule has 172 valence electrons. The number of piperidine rings is 1. The molecule has 4 rings (SSSR count). The molecule has 0 saturated carbocycles. The molecule has 0 spiro atoms. The SMILES string of the molecule is Cc1cc(NS(=O)(=O)c2ccc(NC(=O)c3cc(N4CCCCC4)ncn3)cc2)nc(C)n1. The summed E-state index contributed by atoms with van der Waals surface area (Å²) < 4.78 is 27.8. The van der Waals surface area contributed by atoms with Crippen LogP contribution >= 0.6 is 0 Å². The van der Waals surface area contributed by atoms with Gasteiger partial charge in [0.1, 0.15) is 29.5 Å². The van der Waals surface area contributed by atoms with Crippen molar-refractivity contribution in [2.75, 3.05) is 28.0 Å². The molecule has 3 aromatic rings. The second-order valence-electron chi connectivity index (χ2n) is 7.83. The summed E-state index contributed by atoms with van der Waals surface area (Å²) in [6, 6.07) is 9.11. The van der Waals surface area contributed by atoms with Gasteiger partial charge < -0.3 is 10.2 Å². The number of anilines is 3. The minimum Gasteiger partial charge on any atom is -0.357 e. The van der Waals surface area contributed by atoms with Gasteiger partial charge in [0.15, 0.2) is 0 Å². The van der Waals surface area contributed by atoms with Crippen molar-refractivity contribution in [2.24, 2.45) is 0 Å². The Hall–Kier alpha value is -3.60. The summed E-state index contributed by atoms with van der Waals surface area (Å²) in [7, 11) is -3.84. The third-order valence-electron chi connectivity index (χ3n) is 5.19. The molecule has 1 saturated heterocycles. The molecule has 3 heterocycles. The Morgan fingerprint density at radius 1 is 0.970 bits per heavy atom. The number of carbonyl (C=O) groups is 1. The first-order chi connectivity index (χ1) is 15.8. The van der Waals surface area contributed by atoms with Crippen molar-refractivity contribution in [1.82, 2.24) is 19.9 Å². The topological polar surface area (TPSA) is 130 Å². The van der Waals surface area contributed by atoms with Crippen LogP contribution < -0.4 is 14.9 Å². The van der Waals surface area contributed by atoms with Gasteiger partial charge in [-0.3, -0.25) is 9.52 Å². The Labute approximate surface area is 192 Å². The van der Waals surface area contributed by atoms with Crippen LogP contribution in [0.25, 0.3) is 0 Å². The third-order valence-corrected chi connectivity index (χ3v) is 6.56. The monoisotopic (exact) mass is 467 g/mol. The molecule has 0 atom stereocenters. The number of benzene rings is 1. The summed E-state index contributed by atoms with van der Waals surface area (Å²) in [5.41, 5.74) is 1.36. The van der Waals surface area contributed by atoms with Crippen molar-refractivity contribution in [2.45, 2.75) is 38.0 Å². The number of hydrogen-bond donors (Lipinski definition) is 2. The van der Waals surface area contributed by atoms with Crippen LogP contribution in [0.1, 0.15) is 41.3 Å². The van der Waals surface area contributed by atoms with Crippen LogP contribution in [0.15, 0.2) is 47.6 Å². The van der Waals surface area contributed by atoms with Crippen molar-refractivity contribution in [3.63, 3.8) is 0 Å². The smallest absolute Gasteiger partial charge is 0.274 e. The highest BCUT2D eigenvalue weighted by atomic mass is 32.2. The van der Waals surface area contributed by atoms with Crippen LogP contribution in [0.5, 0.6) is 0 Å². The van der Waals surface area contributed by atoms with Gasteiger partial charge in [-0.1, -0.05) is 0 Å². The lowest BCUT2D eigenvalue weighted by Gasteiger charge is -2.27. The van der Waals surface area contributed by atoms with Crippen molar-refractivity contribution >= 4 is 33.3 Å². The Morgan fingerprint density at radius 2 is 1.70 bits per heavy atom. The van der Waals surface area contributed by atoms with Crippen LogP contribution in [-0.4, -0.2) is 47.4 Å². The summed E-state index contributed by atoms with van der Waals surface area (Å²) in [4.78, 5) is 31.5. The number of aryl methyl sites for hydroxylation is 2. The van der Waals surface area contributed by atoms with E-state index in [9.17, 15) is 13.2 Å². The molecule has 1 aliphatic rings. The second kappa shape index (κ2) is 9.49. The number of amides is 1. The van der Waals surface area contributed by atoms with Gasteiger partial charge in [-0.15, -0.1) is 0 Å². The Balaban J connectivity index is 1.44. The van der Waals surface area contributed by atoms with Crippen molar-refractivity contribution in [3.05, 3.63) is 59.9 Å². The highest BCUT2D eigenvalue weighted by molar-refractivity contribution is 7.92. The number of nitrogens with one attached hydrogen (secondary N) is 2. The fraction of sp³-hybridized carbons (Fsp3) is 0.318. The van der Waals surface area contributed by atoms with E-state index in [1.165, 1.54) is 37.0 Å². The van der Waals surface area contributed by atoms with Gasteiger partial charge in [0.25, 0.3) is 15.9 Å². The molecule has 0 unspecified atom stereocenters. The highest BCUT2D eigenvalue weighted by Gasteiger charge is 2.18. The van der Waals surface area contributed by atoms with Gasteiger partial charge >= 0.3 is 0 Å². The number of hydrogen-bond acceptors (Lipinski definition) is 8.